The highest BCUT2D eigenvalue weighted by Crippen LogP contribution is 2.24. The van der Waals surface area contributed by atoms with Crippen LogP contribution in [0.15, 0.2) is 55.2 Å². The van der Waals surface area contributed by atoms with Gasteiger partial charge in [0.15, 0.2) is 0 Å². The monoisotopic (exact) mass is 383 g/mol. The van der Waals surface area contributed by atoms with Crippen molar-refractivity contribution in [3.63, 3.8) is 0 Å². The van der Waals surface area contributed by atoms with E-state index in [0.717, 1.165) is 34.4 Å². The van der Waals surface area contributed by atoms with Crippen molar-refractivity contribution >= 4 is 40.1 Å². The summed E-state index contributed by atoms with van der Waals surface area (Å²) in [6.07, 6.45) is 9.60. The number of anilines is 1. The van der Waals surface area contributed by atoms with Gasteiger partial charge in [0.05, 0.1) is 10.0 Å². The molecule has 5 nitrogen and oxygen atoms in total. The van der Waals surface area contributed by atoms with Gasteiger partial charge in [-0.05, 0) is 29.3 Å². The molecule has 0 aliphatic rings. The summed E-state index contributed by atoms with van der Waals surface area (Å²) in [6.45, 7) is 0.487. The van der Waals surface area contributed by atoms with Crippen LogP contribution in [0.2, 0.25) is 10.0 Å². The number of pyridine rings is 3. The lowest BCUT2D eigenvalue weighted by Crippen LogP contribution is -2.03. The van der Waals surface area contributed by atoms with Crippen molar-refractivity contribution in [2.75, 3.05) is 5.32 Å². The molecule has 4 rings (SSSR count). The van der Waals surface area contributed by atoms with E-state index in [1.165, 1.54) is 5.56 Å². The molecule has 26 heavy (non-hydrogen) atoms. The van der Waals surface area contributed by atoms with Crippen molar-refractivity contribution in [2.45, 2.75) is 13.0 Å². The number of halogens is 2. The molecule has 0 aliphatic carbocycles. The molecule has 0 spiro atoms. The van der Waals surface area contributed by atoms with Gasteiger partial charge in [0, 0.05) is 54.9 Å². The van der Waals surface area contributed by atoms with Crippen LogP contribution < -0.4 is 5.32 Å². The Morgan fingerprint density at radius 3 is 2.62 bits per heavy atom. The smallest absolute Gasteiger partial charge is 0.137 e. The van der Waals surface area contributed by atoms with Crippen LogP contribution in [0, 0.1) is 0 Å². The molecule has 0 unspecified atom stereocenters. The number of H-pyrrole nitrogens is 1. The maximum atomic E-state index is 6.13. The minimum absolute atomic E-state index is 0.487. The average molecular weight is 384 g/mol. The molecule has 2 N–H and O–H groups in total. The van der Waals surface area contributed by atoms with E-state index in [9.17, 15) is 0 Å². The summed E-state index contributed by atoms with van der Waals surface area (Å²) in [6, 6.07) is 8.02. The second kappa shape index (κ2) is 7.32. The number of hydrogen-bond donors (Lipinski definition) is 2. The number of nitrogens with one attached hydrogen (secondary N) is 2. The van der Waals surface area contributed by atoms with Gasteiger partial charge in [-0.2, -0.15) is 0 Å². The third kappa shape index (κ3) is 3.49. The van der Waals surface area contributed by atoms with E-state index in [0.29, 0.717) is 16.6 Å². The van der Waals surface area contributed by atoms with Gasteiger partial charge in [0.25, 0.3) is 0 Å². The fraction of sp³-hybridized carbons (Fsp3) is 0.105. The number of nitrogens with zero attached hydrogens (tertiary/aromatic N) is 3. The van der Waals surface area contributed by atoms with Gasteiger partial charge < -0.3 is 10.3 Å². The number of aromatic nitrogens is 4. The lowest BCUT2D eigenvalue weighted by molar-refractivity contribution is 1.08. The molecular formula is C19H15Cl2N5. The van der Waals surface area contributed by atoms with E-state index >= 15 is 0 Å². The zero-order valence-electron chi connectivity index (χ0n) is 13.7. The third-order valence-electron chi connectivity index (χ3n) is 4.15. The summed E-state index contributed by atoms with van der Waals surface area (Å²) in [7, 11) is 0. The maximum absolute atomic E-state index is 6.13. The highest BCUT2D eigenvalue weighted by atomic mass is 35.5. The Kier molecular flexibility index (Phi) is 4.73. The molecule has 4 aromatic rings. The molecule has 0 radical (unpaired) electrons. The Balaban J connectivity index is 1.45. The van der Waals surface area contributed by atoms with Crippen molar-refractivity contribution in [1.82, 2.24) is 19.9 Å². The fourth-order valence-electron chi connectivity index (χ4n) is 2.80. The number of hydrogen-bond acceptors (Lipinski definition) is 4. The standard InChI is InChI=1S/C19H15Cl2N5/c20-16-10-22-11-17(21)15(16)9-25-18-4-3-12(7-24-18)6-13-8-26-19-14(13)2-1-5-23-19/h1-5,7-8,10-11H,6,9H2,(H,23,26)(H,24,25). The normalized spacial score (nSPS) is 11.0. The van der Waals surface area contributed by atoms with Gasteiger partial charge in [0.1, 0.15) is 11.5 Å². The first-order chi connectivity index (χ1) is 12.7. The Labute approximate surface area is 160 Å². The molecule has 0 bridgehead atoms. The van der Waals surface area contributed by atoms with Gasteiger partial charge >= 0.3 is 0 Å². The molecule has 0 amide bonds. The Hall–Kier alpha value is -2.63. The summed E-state index contributed by atoms with van der Waals surface area (Å²) in [4.78, 5) is 15.9. The summed E-state index contributed by atoms with van der Waals surface area (Å²) in [5, 5.41) is 5.44. The Bertz CT molecular complexity index is 1020. The molecule has 0 aromatic carbocycles. The summed E-state index contributed by atoms with van der Waals surface area (Å²) in [5.74, 6) is 0.762. The van der Waals surface area contributed by atoms with Crippen molar-refractivity contribution < 1.29 is 0 Å². The summed E-state index contributed by atoms with van der Waals surface area (Å²) in [5.41, 5.74) is 4.03. The van der Waals surface area contributed by atoms with Crippen LogP contribution in [-0.2, 0) is 13.0 Å². The van der Waals surface area contributed by atoms with Crippen LogP contribution in [0.5, 0.6) is 0 Å². The van der Waals surface area contributed by atoms with Gasteiger partial charge in [0.2, 0.25) is 0 Å². The third-order valence-corrected chi connectivity index (χ3v) is 4.81. The summed E-state index contributed by atoms with van der Waals surface area (Å²) < 4.78 is 0. The zero-order chi connectivity index (χ0) is 17.9. The quantitative estimate of drug-likeness (QED) is 0.516. The van der Waals surface area contributed by atoms with E-state index in [1.807, 2.05) is 24.5 Å². The van der Waals surface area contributed by atoms with Crippen LogP contribution in [0.25, 0.3) is 11.0 Å². The number of aromatic amines is 1. The highest BCUT2D eigenvalue weighted by molar-refractivity contribution is 6.35. The first-order valence-corrected chi connectivity index (χ1v) is 8.84. The Morgan fingerprint density at radius 2 is 1.85 bits per heavy atom. The van der Waals surface area contributed by atoms with Crippen molar-refractivity contribution in [3.05, 3.63) is 82.0 Å². The Morgan fingerprint density at radius 1 is 1.00 bits per heavy atom. The van der Waals surface area contributed by atoms with E-state index < -0.39 is 0 Å². The molecule has 0 fully saturated rings. The molecule has 0 aliphatic heterocycles. The van der Waals surface area contributed by atoms with Crippen molar-refractivity contribution in [3.8, 4) is 0 Å². The van der Waals surface area contributed by atoms with E-state index in [2.05, 4.69) is 37.4 Å². The maximum Gasteiger partial charge on any atom is 0.137 e. The van der Waals surface area contributed by atoms with E-state index in [1.54, 1.807) is 18.6 Å². The predicted octanol–water partition coefficient (Wildman–Crippen LogP) is 4.86. The molecule has 0 saturated heterocycles. The average Bonchev–Trinajstić information content (AvgIpc) is 3.06. The van der Waals surface area contributed by atoms with Gasteiger partial charge in [-0.3, -0.25) is 4.98 Å². The van der Waals surface area contributed by atoms with Crippen molar-refractivity contribution in [1.29, 1.82) is 0 Å². The van der Waals surface area contributed by atoms with Crippen LogP contribution in [0.1, 0.15) is 16.7 Å². The summed E-state index contributed by atoms with van der Waals surface area (Å²) >= 11 is 12.3. The van der Waals surface area contributed by atoms with Gasteiger partial charge in [-0.25, -0.2) is 9.97 Å². The molecule has 4 heterocycles. The molecule has 0 saturated carbocycles. The zero-order valence-corrected chi connectivity index (χ0v) is 15.2. The second-order valence-corrected chi connectivity index (χ2v) is 6.69. The first kappa shape index (κ1) is 16.8. The van der Waals surface area contributed by atoms with E-state index in [4.69, 9.17) is 23.2 Å². The fourth-order valence-corrected chi connectivity index (χ4v) is 3.30. The largest absolute Gasteiger partial charge is 0.366 e. The minimum atomic E-state index is 0.487. The lowest BCUT2D eigenvalue weighted by atomic mass is 10.1. The first-order valence-electron chi connectivity index (χ1n) is 8.08. The van der Waals surface area contributed by atoms with Crippen molar-refractivity contribution in [2.24, 2.45) is 0 Å². The van der Waals surface area contributed by atoms with Crippen LogP contribution >= 0.6 is 23.2 Å². The molecule has 130 valence electrons. The molecule has 7 heteroatoms. The minimum Gasteiger partial charge on any atom is -0.366 e. The van der Waals surface area contributed by atoms with Gasteiger partial charge in [-0.1, -0.05) is 29.3 Å². The second-order valence-electron chi connectivity index (χ2n) is 5.88. The van der Waals surface area contributed by atoms with Crippen LogP contribution in [-0.4, -0.2) is 19.9 Å². The van der Waals surface area contributed by atoms with E-state index in [-0.39, 0.29) is 0 Å². The number of rotatable bonds is 5. The molecule has 4 aromatic heterocycles. The number of fused-ring (bicyclic) bond motifs is 1. The topological polar surface area (TPSA) is 66.5 Å². The SMILES string of the molecule is Clc1cncc(Cl)c1CNc1ccc(Cc2c[nH]c3ncccc23)cn1. The molecule has 0 atom stereocenters. The highest BCUT2D eigenvalue weighted by Gasteiger charge is 2.08. The lowest BCUT2D eigenvalue weighted by Gasteiger charge is -2.09. The van der Waals surface area contributed by atoms with Crippen LogP contribution in [0.4, 0.5) is 5.82 Å². The van der Waals surface area contributed by atoms with Crippen LogP contribution in [0.3, 0.4) is 0 Å². The van der Waals surface area contributed by atoms with Gasteiger partial charge in [-0.15, -0.1) is 0 Å². The predicted molar refractivity (Wildman–Crippen MR) is 105 cm³/mol. The molecular weight excluding hydrogens is 369 g/mol.